The Labute approximate surface area is 156 Å². The summed E-state index contributed by atoms with van der Waals surface area (Å²) in [6, 6.07) is -0.818. The average Bonchev–Trinajstić information content (AvgIpc) is 2.62. The monoisotopic (exact) mass is 395 g/mol. The van der Waals surface area contributed by atoms with Crippen molar-refractivity contribution in [1.29, 1.82) is 0 Å². The lowest BCUT2D eigenvalue weighted by Crippen LogP contribution is -2.66. The van der Waals surface area contributed by atoms with Gasteiger partial charge in [-0.15, -0.1) is 0 Å². The molecule has 2 aliphatic rings. The van der Waals surface area contributed by atoms with Crippen molar-refractivity contribution < 1.29 is 49.3 Å². The summed E-state index contributed by atoms with van der Waals surface area (Å²) in [4.78, 5) is 11.4. The smallest absolute Gasteiger partial charge is 0.217 e. The van der Waals surface area contributed by atoms with Gasteiger partial charge >= 0.3 is 0 Å². The molecule has 0 aromatic heterocycles. The Hall–Kier alpha value is -0.890. The first-order chi connectivity index (χ1) is 12.7. The molecule has 6 N–H and O–H groups in total. The minimum atomic E-state index is -1.61. The van der Waals surface area contributed by atoms with E-state index in [0.717, 1.165) is 0 Å². The fourth-order valence-electron chi connectivity index (χ4n) is 3.38. The molecule has 2 rings (SSSR count). The average molecular weight is 395 g/mol. The molecule has 10 unspecified atom stereocenters. The first-order valence-corrected chi connectivity index (χ1v) is 8.76. The number of ether oxygens (including phenoxy) is 4. The quantitative estimate of drug-likeness (QED) is 0.265. The molecule has 158 valence electrons. The second-order valence-electron chi connectivity index (χ2n) is 6.85. The summed E-state index contributed by atoms with van der Waals surface area (Å²) in [5.74, 6) is -0.386. The maximum absolute atomic E-state index is 11.4. The number of carbonyl (C=O) groups is 1. The van der Waals surface area contributed by atoms with Crippen LogP contribution in [0.1, 0.15) is 13.8 Å². The Morgan fingerprint density at radius 2 is 1.70 bits per heavy atom. The van der Waals surface area contributed by atoms with E-state index < -0.39 is 67.8 Å². The number of aliphatic hydroxyl groups excluding tert-OH is 5. The number of methoxy groups -OCH3 is 1. The van der Waals surface area contributed by atoms with Crippen LogP contribution in [0, 0.1) is 0 Å². The van der Waals surface area contributed by atoms with Gasteiger partial charge in [-0.2, -0.15) is 0 Å². The fraction of sp³-hybridized carbons (Fsp3) is 0.938. The first-order valence-electron chi connectivity index (χ1n) is 8.76. The minimum Gasteiger partial charge on any atom is -0.394 e. The molecule has 27 heavy (non-hydrogen) atoms. The van der Waals surface area contributed by atoms with Gasteiger partial charge in [-0.05, 0) is 6.92 Å². The third kappa shape index (κ3) is 4.94. The largest absolute Gasteiger partial charge is 0.394 e. The van der Waals surface area contributed by atoms with E-state index in [4.69, 9.17) is 18.9 Å². The summed E-state index contributed by atoms with van der Waals surface area (Å²) < 4.78 is 21.6. The molecule has 11 nitrogen and oxygen atoms in total. The van der Waals surface area contributed by atoms with Crippen molar-refractivity contribution in [3.8, 4) is 0 Å². The molecule has 0 aromatic rings. The molecule has 0 aliphatic carbocycles. The van der Waals surface area contributed by atoms with Crippen LogP contribution in [0.5, 0.6) is 0 Å². The van der Waals surface area contributed by atoms with Crippen molar-refractivity contribution in [2.24, 2.45) is 0 Å². The maximum atomic E-state index is 11.4. The molecule has 1 amide bonds. The number of amides is 1. The van der Waals surface area contributed by atoms with E-state index in [1.807, 2.05) is 0 Å². The second kappa shape index (κ2) is 9.54. The molecule has 0 aromatic carbocycles. The minimum absolute atomic E-state index is 0.0660. The predicted octanol–water partition coefficient (Wildman–Crippen LogP) is -3.53. The van der Waals surface area contributed by atoms with Crippen molar-refractivity contribution in [3.05, 3.63) is 0 Å². The molecule has 10 atom stereocenters. The van der Waals surface area contributed by atoms with E-state index in [2.05, 4.69) is 5.32 Å². The second-order valence-corrected chi connectivity index (χ2v) is 6.85. The number of carbonyl (C=O) groups excluding carboxylic acids is 1. The standard InChI is InChI=1S/C16H29NO10/c1-6-10(17-7(2)19)12(21)15(8(4-18)25-6)27-16-14(23)13(22)11(20)9(26-16)5-24-3/h6,8-16,18,20-23H,4-5H2,1-3H3,(H,17,19). The zero-order chi connectivity index (χ0) is 20.3. The Bertz CT molecular complexity index is 494. The van der Waals surface area contributed by atoms with Crippen LogP contribution in [0.4, 0.5) is 0 Å². The number of nitrogens with one attached hydrogen (secondary N) is 1. The normalized spacial score (nSPS) is 45.5. The van der Waals surface area contributed by atoms with E-state index in [9.17, 15) is 30.3 Å². The van der Waals surface area contributed by atoms with Gasteiger partial charge in [-0.25, -0.2) is 0 Å². The van der Waals surface area contributed by atoms with Crippen LogP contribution in [0.3, 0.4) is 0 Å². The van der Waals surface area contributed by atoms with Gasteiger partial charge in [0.05, 0.1) is 25.4 Å². The summed E-state index contributed by atoms with van der Waals surface area (Å²) in [6.45, 7) is 2.36. The molecule has 0 spiro atoms. The van der Waals surface area contributed by atoms with Crippen LogP contribution < -0.4 is 5.32 Å². The van der Waals surface area contributed by atoms with Crippen molar-refractivity contribution in [2.45, 2.75) is 75.0 Å². The molecule has 0 radical (unpaired) electrons. The molecule has 2 heterocycles. The summed E-state index contributed by atoms with van der Waals surface area (Å²) in [5, 5.41) is 52.9. The van der Waals surface area contributed by atoms with Crippen LogP contribution >= 0.6 is 0 Å². The van der Waals surface area contributed by atoms with Crippen molar-refractivity contribution >= 4 is 5.91 Å². The van der Waals surface area contributed by atoms with Gasteiger partial charge in [-0.1, -0.05) is 0 Å². The van der Waals surface area contributed by atoms with E-state index in [1.54, 1.807) is 6.92 Å². The third-order valence-corrected chi connectivity index (χ3v) is 4.81. The van der Waals surface area contributed by atoms with Crippen LogP contribution in [-0.2, 0) is 23.7 Å². The van der Waals surface area contributed by atoms with Gasteiger partial charge < -0.3 is 49.8 Å². The lowest BCUT2D eigenvalue weighted by atomic mass is 9.92. The topological polar surface area (TPSA) is 167 Å². The fourth-order valence-corrected chi connectivity index (χ4v) is 3.38. The molecule has 2 fully saturated rings. The van der Waals surface area contributed by atoms with Crippen molar-refractivity contribution in [3.63, 3.8) is 0 Å². The van der Waals surface area contributed by atoms with E-state index >= 15 is 0 Å². The molecule has 2 saturated heterocycles. The maximum Gasteiger partial charge on any atom is 0.217 e. The zero-order valence-electron chi connectivity index (χ0n) is 15.5. The number of aliphatic hydroxyl groups is 5. The van der Waals surface area contributed by atoms with Gasteiger partial charge in [0.2, 0.25) is 5.91 Å². The lowest BCUT2D eigenvalue weighted by Gasteiger charge is -2.47. The summed E-state index contributed by atoms with van der Waals surface area (Å²) in [7, 11) is 1.38. The highest BCUT2D eigenvalue weighted by Crippen LogP contribution is 2.29. The highest BCUT2D eigenvalue weighted by Gasteiger charge is 2.50. The Morgan fingerprint density at radius 3 is 2.26 bits per heavy atom. The lowest BCUT2D eigenvalue weighted by molar-refractivity contribution is -0.336. The van der Waals surface area contributed by atoms with E-state index in [0.29, 0.717) is 0 Å². The predicted molar refractivity (Wildman–Crippen MR) is 88.5 cm³/mol. The summed E-state index contributed by atoms with van der Waals surface area (Å²) in [6.07, 6.45) is -11.0. The van der Waals surface area contributed by atoms with E-state index in [1.165, 1.54) is 14.0 Å². The molecular formula is C16H29NO10. The van der Waals surface area contributed by atoms with Gasteiger partial charge in [0.15, 0.2) is 6.29 Å². The molecule has 0 saturated carbocycles. The SMILES string of the molecule is COCC1OC(OC2C(CO)OC(C)C(NC(C)=O)C2O)C(O)C(O)C1O. The zero-order valence-corrected chi connectivity index (χ0v) is 15.5. The number of hydrogen-bond donors (Lipinski definition) is 6. The Balaban J connectivity index is 2.16. The van der Waals surface area contributed by atoms with Gasteiger partial charge in [0, 0.05) is 14.0 Å². The summed E-state index contributed by atoms with van der Waals surface area (Å²) in [5.41, 5.74) is 0. The summed E-state index contributed by atoms with van der Waals surface area (Å²) >= 11 is 0. The van der Waals surface area contributed by atoms with Crippen LogP contribution in [0.15, 0.2) is 0 Å². The van der Waals surface area contributed by atoms with Crippen LogP contribution in [0.2, 0.25) is 0 Å². The van der Waals surface area contributed by atoms with Crippen LogP contribution in [-0.4, -0.2) is 113 Å². The number of hydrogen-bond acceptors (Lipinski definition) is 10. The Morgan fingerprint density at radius 1 is 1.04 bits per heavy atom. The Kier molecular flexibility index (Phi) is 7.92. The third-order valence-electron chi connectivity index (χ3n) is 4.81. The van der Waals surface area contributed by atoms with Crippen molar-refractivity contribution in [1.82, 2.24) is 5.32 Å². The van der Waals surface area contributed by atoms with Crippen molar-refractivity contribution in [2.75, 3.05) is 20.3 Å². The van der Waals surface area contributed by atoms with Gasteiger partial charge in [-0.3, -0.25) is 4.79 Å². The number of rotatable bonds is 6. The van der Waals surface area contributed by atoms with Gasteiger partial charge in [0.1, 0.15) is 42.7 Å². The van der Waals surface area contributed by atoms with E-state index in [-0.39, 0.29) is 12.5 Å². The molecule has 2 aliphatic heterocycles. The first kappa shape index (κ1) is 22.4. The highest BCUT2D eigenvalue weighted by molar-refractivity contribution is 5.73. The molecule has 0 bridgehead atoms. The van der Waals surface area contributed by atoms with Crippen LogP contribution in [0.25, 0.3) is 0 Å². The molecular weight excluding hydrogens is 366 g/mol. The van der Waals surface area contributed by atoms with Gasteiger partial charge in [0.25, 0.3) is 0 Å². The molecule has 11 heteroatoms. The highest BCUT2D eigenvalue weighted by atomic mass is 16.7.